The van der Waals surface area contributed by atoms with Gasteiger partial charge in [0.25, 0.3) is 5.97 Å². The molecule has 3 nitrogen and oxygen atoms in total. The summed E-state index contributed by atoms with van der Waals surface area (Å²) in [5, 5.41) is 0. The van der Waals surface area contributed by atoms with E-state index in [4.69, 9.17) is 0 Å². The van der Waals surface area contributed by atoms with Crippen LogP contribution in [0.1, 0.15) is 13.3 Å². The topological polar surface area (TPSA) is 43.4 Å². The average Bonchev–Trinajstić information content (AvgIpc) is 1.65. The molecule has 4 heteroatoms. The van der Waals surface area contributed by atoms with Crippen LogP contribution in [0, 0.1) is 0 Å². The van der Waals surface area contributed by atoms with Crippen molar-refractivity contribution < 1.29 is 14.0 Å². The summed E-state index contributed by atoms with van der Waals surface area (Å²) in [7, 11) is 0.377. The van der Waals surface area contributed by atoms with Crippen molar-refractivity contribution in [2.45, 2.75) is 13.3 Å². The van der Waals surface area contributed by atoms with Crippen LogP contribution < -0.4 is 0 Å². The fourth-order valence-corrected chi connectivity index (χ4v) is 0.420. The van der Waals surface area contributed by atoms with E-state index in [-0.39, 0.29) is 12.2 Å². The average molecular weight is 132 g/mol. The minimum absolute atomic E-state index is 0.0799. The van der Waals surface area contributed by atoms with Crippen LogP contribution in [0.5, 0.6) is 0 Å². The van der Waals surface area contributed by atoms with Gasteiger partial charge in [-0.3, -0.25) is 9.59 Å². The molecule has 0 aromatic heterocycles. The lowest BCUT2D eigenvalue weighted by atomic mass is 10.3. The third-order valence-electron chi connectivity index (χ3n) is 0.621. The molecule has 0 radical (unpaired) electrons. The van der Waals surface area contributed by atoms with E-state index < -0.39 is 5.97 Å². The molecule has 0 aromatic carbocycles. The molecule has 8 heavy (non-hydrogen) atoms. The normalized spacial score (nSPS) is 8.62. The van der Waals surface area contributed by atoms with Gasteiger partial charge in [0.15, 0.2) is 0 Å². The maximum atomic E-state index is 10.2. The first kappa shape index (κ1) is 7.36. The second kappa shape index (κ2) is 3.37. The summed E-state index contributed by atoms with van der Waals surface area (Å²) in [5.41, 5.74) is 0. The quantitative estimate of drug-likeness (QED) is 0.350. The fraction of sp³-hybridized carbons (Fsp3) is 0.500. The lowest BCUT2D eigenvalue weighted by Crippen LogP contribution is -2.05. The Morgan fingerprint density at radius 1 is 1.62 bits per heavy atom. The van der Waals surface area contributed by atoms with Gasteiger partial charge in [-0.15, -0.1) is 0 Å². The lowest BCUT2D eigenvalue weighted by molar-refractivity contribution is -0.137. The van der Waals surface area contributed by atoms with Gasteiger partial charge in [-0.05, 0) is 6.92 Å². The Morgan fingerprint density at radius 2 is 2.12 bits per heavy atom. The van der Waals surface area contributed by atoms with E-state index >= 15 is 0 Å². The zero-order chi connectivity index (χ0) is 6.57. The second-order valence-corrected chi connectivity index (χ2v) is 1.86. The van der Waals surface area contributed by atoms with Crippen LogP contribution in [0.15, 0.2) is 0 Å². The molecule has 46 valence electrons. The molecule has 0 saturated carbocycles. The standard InChI is InChI=1S/C4H8O3Si/c1-3(5)2-4(6)7-8/h2H2,1,8H3. The van der Waals surface area contributed by atoms with Gasteiger partial charge in [0, 0.05) is 0 Å². The van der Waals surface area contributed by atoms with Gasteiger partial charge >= 0.3 is 0 Å². The van der Waals surface area contributed by atoms with Crippen molar-refractivity contribution >= 4 is 22.2 Å². The molecule has 0 spiro atoms. The molecule has 0 aliphatic carbocycles. The first-order valence-electron chi connectivity index (χ1n) is 2.23. The Labute approximate surface area is 50.6 Å². The largest absolute Gasteiger partial charge is 0.528 e. The van der Waals surface area contributed by atoms with E-state index in [9.17, 15) is 9.59 Å². The van der Waals surface area contributed by atoms with Crippen LogP contribution in [0.2, 0.25) is 0 Å². The van der Waals surface area contributed by atoms with E-state index in [0.717, 1.165) is 0 Å². The zero-order valence-corrected chi connectivity index (χ0v) is 6.93. The molecular weight excluding hydrogens is 124 g/mol. The van der Waals surface area contributed by atoms with Gasteiger partial charge in [-0.25, -0.2) is 0 Å². The van der Waals surface area contributed by atoms with E-state index in [1.807, 2.05) is 0 Å². The predicted molar refractivity (Wildman–Crippen MR) is 31.3 cm³/mol. The van der Waals surface area contributed by atoms with Gasteiger partial charge in [0.05, 0.1) is 0 Å². The molecule has 0 atom stereocenters. The van der Waals surface area contributed by atoms with E-state index in [0.29, 0.717) is 10.5 Å². The van der Waals surface area contributed by atoms with Crippen molar-refractivity contribution in [3.8, 4) is 0 Å². The van der Waals surface area contributed by atoms with Crippen molar-refractivity contribution in [3.05, 3.63) is 0 Å². The number of Topliss-reactive ketones (excluding diaryl/α,β-unsaturated/α-hetero) is 1. The van der Waals surface area contributed by atoms with Crippen LogP contribution >= 0.6 is 0 Å². The van der Waals surface area contributed by atoms with Crippen molar-refractivity contribution in [2.75, 3.05) is 0 Å². The third kappa shape index (κ3) is 3.54. The van der Waals surface area contributed by atoms with Gasteiger partial charge in [-0.2, -0.15) is 0 Å². The number of rotatable bonds is 2. The summed E-state index contributed by atoms with van der Waals surface area (Å²) in [6.07, 6.45) is -0.0799. The molecule has 0 N–H and O–H groups in total. The number of carbonyl (C=O) groups is 2. The number of carbonyl (C=O) groups excluding carboxylic acids is 2. The van der Waals surface area contributed by atoms with Gasteiger partial charge in [0.2, 0.25) is 10.5 Å². The van der Waals surface area contributed by atoms with Crippen LogP contribution in [0.4, 0.5) is 0 Å². The van der Waals surface area contributed by atoms with Crippen LogP contribution in [-0.2, 0) is 14.0 Å². The highest BCUT2D eigenvalue weighted by molar-refractivity contribution is 6.08. The predicted octanol–water partition coefficient (Wildman–Crippen LogP) is -1.21. The first-order valence-corrected chi connectivity index (χ1v) is 3.04. The Morgan fingerprint density at radius 3 is 2.25 bits per heavy atom. The highest BCUT2D eigenvalue weighted by Crippen LogP contribution is 1.82. The molecule has 0 aliphatic rings. The molecule has 0 amide bonds. The molecule has 0 heterocycles. The van der Waals surface area contributed by atoms with Crippen molar-refractivity contribution in [1.29, 1.82) is 0 Å². The maximum absolute atomic E-state index is 10.2. The molecular formula is C4H8O3Si. The zero-order valence-electron chi connectivity index (χ0n) is 4.93. The Balaban J connectivity index is 3.40. The second-order valence-electron chi connectivity index (χ2n) is 1.45. The van der Waals surface area contributed by atoms with Gasteiger partial charge in [-0.1, -0.05) is 0 Å². The molecule has 0 saturated heterocycles. The Bertz CT molecular complexity index is 110. The number of hydrogen-bond donors (Lipinski definition) is 0. The summed E-state index contributed by atoms with van der Waals surface area (Å²) in [6, 6.07) is 0. The van der Waals surface area contributed by atoms with Gasteiger partial charge < -0.3 is 4.43 Å². The summed E-state index contributed by atoms with van der Waals surface area (Å²) in [4.78, 5) is 20.3. The third-order valence-corrected chi connectivity index (χ3v) is 1.08. The van der Waals surface area contributed by atoms with Crippen LogP contribution in [-0.4, -0.2) is 22.2 Å². The Hall–Kier alpha value is -0.643. The highest BCUT2D eigenvalue weighted by atomic mass is 28.2. The monoisotopic (exact) mass is 132 g/mol. The molecule has 0 rings (SSSR count). The number of hydrogen-bond acceptors (Lipinski definition) is 3. The van der Waals surface area contributed by atoms with Crippen LogP contribution in [0.25, 0.3) is 0 Å². The number of ketones is 1. The van der Waals surface area contributed by atoms with Crippen molar-refractivity contribution in [2.24, 2.45) is 0 Å². The summed E-state index contributed by atoms with van der Waals surface area (Å²) >= 11 is 0. The fourth-order valence-electron chi connectivity index (χ4n) is 0.275. The SMILES string of the molecule is CC(=O)CC(=O)O[SiH3]. The first-order chi connectivity index (χ1) is 3.66. The van der Waals surface area contributed by atoms with E-state index in [1.54, 1.807) is 0 Å². The summed E-state index contributed by atoms with van der Waals surface area (Å²) in [6.45, 7) is 1.36. The highest BCUT2D eigenvalue weighted by Gasteiger charge is 2.01. The Kier molecular flexibility index (Phi) is 3.10. The van der Waals surface area contributed by atoms with Gasteiger partial charge in [0.1, 0.15) is 12.2 Å². The molecule has 0 aliphatic heterocycles. The van der Waals surface area contributed by atoms with E-state index in [1.165, 1.54) is 6.92 Å². The molecule has 0 fully saturated rings. The van der Waals surface area contributed by atoms with Crippen molar-refractivity contribution in [3.63, 3.8) is 0 Å². The summed E-state index contributed by atoms with van der Waals surface area (Å²) in [5.74, 6) is -0.560. The molecule has 0 aromatic rings. The van der Waals surface area contributed by atoms with Crippen LogP contribution in [0.3, 0.4) is 0 Å². The molecule has 0 bridgehead atoms. The minimum Gasteiger partial charge on any atom is -0.528 e. The minimum atomic E-state index is -0.413. The lowest BCUT2D eigenvalue weighted by Gasteiger charge is -1.92. The smallest absolute Gasteiger partial charge is 0.299 e. The summed E-state index contributed by atoms with van der Waals surface area (Å²) < 4.78 is 4.34. The van der Waals surface area contributed by atoms with E-state index in [2.05, 4.69) is 4.43 Å². The van der Waals surface area contributed by atoms with Crippen molar-refractivity contribution in [1.82, 2.24) is 0 Å². The molecule has 0 unspecified atom stereocenters. The maximum Gasteiger partial charge on any atom is 0.299 e.